The predicted octanol–water partition coefficient (Wildman–Crippen LogP) is 2.82. The zero-order valence-electron chi connectivity index (χ0n) is 8.46. The van der Waals surface area contributed by atoms with Gasteiger partial charge in [-0.05, 0) is 38.9 Å². The fourth-order valence-electron chi connectivity index (χ4n) is 1.17. The third kappa shape index (κ3) is 3.96. The Bertz CT molecular complexity index is 275. The summed E-state index contributed by atoms with van der Waals surface area (Å²) in [4.78, 5) is 1.24. The largest absolute Gasteiger partial charge is 0.393 e. The summed E-state index contributed by atoms with van der Waals surface area (Å²) in [5.41, 5.74) is 0. The van der Waals surface area contributed by atoms with Crippen molar-refractivity contribution < 1.29 is 5.11 Å². The Morgan fingerprint density at radius 1 is 1.50 bits per heavy atom. The molecule has 0 spiro atoms. The molecule has 1 heterocycles. The minimum absolute atomic E-state index is 0.235. The lowest BCUT2D eigenvalue weighted by molar-refractivity contribution is 0.182. The maximum atomic E-state index is 9.08. The number of halogens is 1. The first-order valence-electron chi connectivity index (χ1n) is 4.76. The predicted molar refractivity (Wildman–Crippen MR) is 62.0 cm³/mol. The number of nitrogens with one attached hydrogen (secondary N) is 1. The Kier molecular flexibility index (Phi) is 4.89. The quantitative estimate of drug-likeness (QED) is 0.820. The minimum atomic E-state index is -0.235. The van der Waals surface area contributed by atoms with E-state index in [9.17, 15) is 0 Å². The molecule has 4 heteroatoms. The van der Waals surface area contributed by atoms with Crippen LogP contribution in [0.2, 0.25) is 4.34 Å². The summed E-state index contributed by atoms with van der Waals surface area (Å²) >= 11 is 7.43. The van der Waals surface area contributed by atoms with Crippen LogP contribution in [0.3, 0.4) is 0 Å². The Balaban J connectivity index is 2.32. The van der Waals surface area contributed by atoms with Gasteiger partial charge < -0.3 is 10.4 Å². The van der Waals surface area contributed by atoms with Gasteiger partial charge in [0, 0.05) is 10.9 Å². The lowest BCUT2D eigenvalue weighted by atomic mass is 10.2. The highest BCUT2D eigenvalue weighted by atomic mass is 35.5. The van der Waals surface area contributed by atoms with Gasteiger partial charge in [-0.3, -0.25) is 0 Å². The molecule has 1 aromatic heterocycles. The number of aliphatic hydroxyl groups excluding tert-OH is 1. The monoisotopic (exact) mass is 233 g/mol. The summed E-state index contributed by atoms with van der Waals surface area (Å²) in [6, 6.07) is 4.26. The molecule has 1 aromatic rings. The van der Waals surface area contributed by atoms with Crippen LogP contribution in [-0.2, 0) is 0 Å². The first kappa shape index (κ1) is 12.0. The van der Waals surface area contributed by atoms with Crippen molar-refractivity contribution in [3.05, 3.63) is 21.3 Å². The molecule has 0 aliphatic heterocycles. The standard InChI is InChI=1S/C10H16ClNOS/c1-7(13)5-6-12-8(2)9-3-4-10(11)14-9/h3-4,7-8,12-13H,5-6H2,1-2H3/t7-,8-/m1/s1. The Morgan fingerprint density at radius 2 is 2.21 bits per heavy atom. The van der Waals surface area contributed by atoms with Crippen LogP contribution in [0.15, 0.2) is 12.1 Å². The van der Waals surface area contributed by atoms with E-state index in [0.717, 1.165) is 17.3 Å². The highest BCUT2D eigenvalue weighted by molar-refractivity contribution is 7.16. The second kappa shape index (κ2) is 5.71. The van der Waals surface area contributed by atoms with Gasteiger partial charge in [0.2, 0.25) is 0 Å². The van der Waals surface area contributed by atoms with Crippen LogP contribution in [0.4, 0.5) is 0 Å². The minimum Gasteiger partial charge on any atom is -0.393 e. The summed E-state index contributed by atoms with van der Waals surface area (Å²) in [5.74, 6) is 0. The van der Waals surface area contributed by atoms with E-state index in [4.69, 9.17) is 16.7 Å². The topological polar surface area (TPSA) is 32.3 Å². The number of aliphatic hydroxyl groups is 1. The number of hydrogen-bond acceptors (Lipinski definition) is 3. The van der Waals surface area contributed by atoms with Crippen LogP contribution in [0.1, 0.15) is 31.2 Å². The molecule has 0 aromatic carbocycles. The molecule has 0 amide bonds. The van der Waals surface area contributed by atoms with Crippen LogP contribution >= 0.6 is 22.9 Å². The molecule has 2 N–H and O–H groups in total. The molecule has 80 valence electrons. The van der Waals surface area contributed by atoms with Crippen molar-refractivity contribution in [2.75, 3.05) is 6.54 Å². The maximum absolute atomic E-state index is 9.08. The molecule has 2 atom stereocenters. The average Bonchev–Trinajstić information content (AvgIpc) is 2.51. The fourth-order valence-corrected chi connectivity index (χ4v) is 2.26. The Labute approximate surface area is 93.9 Å². The van der Waals surface area contributed by atoms with Gasteiger partial charge in [0.1, 0.15) is 0 Å². The third-order valence-electron chi connectivity index (χ3n) is 2.03. The SMILES string of the molecule is C[C@@H](O)CCN[C@H](C)c1ccc(Cl)s1. The van der Waals surface area contributed by atoms with Crippen LogP contribution in [-0.4, -0.2) is 17.8 Å². The van der Waals surface area contributed by atoms with Crippen LogP contribution in [0, 0.1) is 0 Å². The van der Waals surface area contributed by atoms with Crippen molar-refractivity contribution in [1.82, 2.24) is 5.32 Å². The Morgan fingerprint density at radius 3 is 2.71 bits per heavy atom. The lowest BCUT2D eigenvalue weighted by Crippen LogP contribution is -2.21. The van der Waals surface area contributed by atoms with Crippen LogP contribution < -0.4 is 5.32 Å². The second-order valence-corrected chi connectivity index (χ2v) is 5.20. The van der Waals surface area contributed by atoms with E-state index < -0.39 is 0 Å². The van der Waals surface area contributed by atoms with E-state index in [0.29, 0.717) is 6.04 Å². The van der Waals surface area contributed by atoms with E-state index in [1.54, 1.807) is 18.3 Å². The number of thiophene rings is 1. The zero-order valence-corrected chi connectivity index (χ0v) is 10.0. The molecule has 2 nitrogen and oxygen atoms in total. The summed E-state index contributed by atoms with van der Waals surface area (Å²) in [7, 11) is 0. The maximum Gasteiger partial charge on any atom is 0.0931 e. The summed E-state index contributed by atoms with van der Waals surface area (Å²) in [6.45, 7) is 4.73. The highest BCUT2D eigenvalue weighted by Gasteiger charge is 2.07. The molecule has 0 saturated carbocycles. The van der Waals surface area contributed by atoms with E-state index >= 15 is 0 Å². The van der Waals surface area contributed by atoms with Crippen molar-refractivity contribution in [3.63, 3.8) is 0 Å². The molecule has 0 aliphatic rings. The zero-order chi connectivity index (χ0) is 10.6. The van der Waals surface area contributed by atoms with E-state index in [-0.39, 0.29) is 6.10 Å². The smallest absolute Gasteiger partial charge is 0.0931 e. The Hall–Kier alpha value is -0.0900. The van der Waals surface area contributed by atoms with Crippen molar-refractivity contribution in [2.24, 2.45) is 0 Å². The van der Waals surface area contributed by atoms with Crippen molar-refractivity contribution in [2.45, 2.75) is 32.4 Å². The van der Waals surface area contributed by atoms with Gasteiger partial charge in [0.05, 0.1) is 10.4 Å². The van der Waals surface area contributed by atoms with Crippen molar-refractivity contribution >= 4 is 22.9 Å². The molecule has 0 fully saturated rings. The van der Waals surface area contributed by atoms with Gasteiger partial charge in [-0.2, -0.15) is 0 Å². The normalized spacial score (nSPS) is 15.4. The summed E-state index contributed by atoms with van der Waals surface area (Å²) in [5, 5.41) is 12.4. The fraction of sp³-hybridized carbons (Fsp3) is 0.600. The van der Waals surface area contributed by atoms with Crippen molar-refractivity contribution in [3.8, 4) is 0 Å². The van der Waals surface area contributed by atoms with Gasteiger partial charge in [-0.1, -0.05) is 11.6 Å². The second-order valence-electron chi connectivity index (χ2n) is 3.46. The molecule has 0 saturated heterocycles. The van der Waals surface area contributed by atoms with Crippen molar-refractivity contribution in [1.29, 1.82) is 0 Å². The molecule has 1 rings (SSSR count). The lowest BCUT2D eigenvalue weighted by Gasteiger charge is -2.12. The number of hydrogen-bond donors (Lipinski definition) is 2. The molecular formula is C10H16ClNOS. The van der Waals surface area contributed by atoms with E-state index in [1.165, 1.54) is 4.88 Å². The first-order chi connectivity index (χ1) is 6.59. The molecule has 0 unspecified atom stereocenters. The average molecular weight is 234 g/mol. The summed E-state index contributed by atoms with van der Waals surface area (Å²) in [6.07, 6.45) is 0.547. The molecular weight excluding hydrogens is 218 g/mol. The van der Waals surface area contributed by atoms with Gasteiger partial charge in [0.15, 0.2) is 0 Å². The van der Waals surface area contributed by atoms with Crippen LogP contribution in [0.5, 0.6) is 0 Å². The molecule has 0 aliphatic carbocycles. The molecule has 0 radical (unpaired) electrons. The van der Waals surface area contributed by atoms with Gasteiger partial charge in [-0.25, -0.2) is 0 Å². The van der Waals surface area contributed by atoms with Crippen LogP contribution in [0.25, 0.3) is 0 Å². The first-order valence-corrected chi connectivity index (χ1v) is 5.95. The number of rotatable bonds is 5. The van der Waals surface area contributed by atoms with Gasteiger partial charge in [-0.15, -0.1) is 11.3 Å². The van der Waals surface area contributed by atoms with Gasteiger partial charge >= 0.3 is 0 Å². The molecule has 14 heavy (non-hydrogen) atoms. The van der Waals surface area contributed by atoms with Gasteiger partial charge in [0.25, 0.3) is 0 Å². The molecule has 0 bridgehead atoms. The summed E-state index contributed by atoms with van der Waals surface area (Å²) < 4.78 is 0.823. The highest BCUT2D eigenvalue weighted by Crippen LogP contribution is 2.26. The third-order valence-corrected chi connectivity index (χ3v) is 3.45. The van der Waals surface area contributed by atoms with E-state index in [2.05, 4.69) is 12.2 Å². The van der Waals surface area contributed by atoms with E-state index in [1.807, 2.05) is 12.1 Å².